The Labute approximate surface area is 169 Å². The Bertz CT molecular complexity index is 790. The third kappa shape index (κ3) is 3.88. The molecule has 0 unspecified atom stereocenters. The van der Waals surface area contributed by atoms with Crippen LogP contribution in [0.1, 0.15) is 44.2 Å². The first-order valence-corrected chi connectivity index (χ1v) is 10.5. The van der Waals surface area contributed by atoms with Crippen molar-refractivity contribution in [2.45, 2.75) is 38.7 Å². The quantitative estimate of drug-likeness (QED) is 0.317. The van der Waals surface area contributed by atoms with Gasteiger partial charge in [0.25, 0.3) is 0 Å². The first kappa shape index (κ1) is 19.2. The van der Waals surface area contributed by atoms with Gasteiger partial charge in [-0.2, -0.15) is 0 Å². The molecule has 136 valence electrons. The Kier molecular flexibility index (Phi) is 5.56. The number of allylic oxidation sites excluding steroid dienone is 2. The maximum atomic E-state index is 13.3. The summed E-state index contributed by atoms with van der Waals surface area (Å²) in [7, 11) is 0. The van der Waals surface area contributed by atoms with E-state index < -0.39 is 11.0 Å². The van der Waals surface area contributed by atoms with Crippen LogP contribution in [0.15, 0.2) is 66.7 Å². The summed E-state index contributed by atoms with van der Waals surface area (Å²) in [5, 5.41) is 0. The highest BCUT2D eigenvalue weighted by Crippen LogP contribution is 2.53. The highest BCUT2D eigenvalue weighted by Gasteiger charge is 2.51. The first-order valence-electron chi connectivity index (χ1n) is 8.96. The molecule has 0 saturated carbocycles. The van der Waals surface area contributed by atoms with Crippen molar-refractivity contribution in [3.63, 3.8) is 0 Å². The molecule has 0 N–H and O–H groups in total. The van der Waals surface area contributed by atoms with Gasteiger partial charge in [0.15, 0.2) is 0 Å². The number of halogens is 1. The maximum Gasteiger partial charge on any atom is 0.314 e. The lowest BCUT2D eigenvalue weighted by Crippen LogP contribution is -2.41. The number of benzene rings is 2. The van der Waals surface area contributed by atoms with Crippen LogP contribution in [0, 0.1) is 5.41 Å². The van der Waals surface area contributed by atoms with E-state index in [1.54, 1.807) is 0 Å². The fraction of sp³-hybridized carbons (Fsp3) is 0.348. The minimum absolute atomic E-state index is 0.0191. The number of carbonyl (C=O) groups excluding carboxylic acids is 1. The lowest BCUT2D eigenvalue weighted by Gasteiger charge is -2.35. The normalized spacial score (nSPS) is 22.8. The zero-order chi connectivity index (χ0) is 18.8. The number of alkyl halides is 1. The Morgan fingerprint density at radius 2 is 1.65 bits per heavy atom. The Morgan fingerprint density at radius 3 is 2.19 bits per heavy atom. The zero-order valence-corrected chi connectivity index (χ0v) is 17.7. The van der Waals surface area contributed by atoms with E-state index in [4.69, 9.17) is 4.74 Å². The van der Waals surface area contributed by atoms with Crippen LogP contribution in [0.5, 0.6) is 0 Å². The molecule has 0 fully saturated rings. The molecule has 0 aromatic heterocycles. The second-order valence-corrected chi connectivity index (χ2v) is 8.68. The summed E-state index contributed by atoms with van der Waals surface area (Å²) in [4.78, 5) is 13.3. The Balaban J connectivity index is 2.06. The monoisotopic (exact) mass is 460 g/mol. The Hall–Kier alpha value is -1.62. The van der Waals surface area contributed by atoms with Gasteiger partial charge in [0.2, 0.25) is 0 Å². The van der Waals surface area contributed by atoms with Crippen molar-refractivity contribution in [3.8, 4) is 0 Å². The number of hydrogen-bond donors (Lipinski definition) is 0. The molecule has 0 radical (unpaired) electrons. The van der Waals surface area contributed by atoms with Crippen molar-refractivity contribution in [3.05, 3.63) is 77.9 Å². The summed E-state index contributed by atoms with van der Waals surface area (Å²) >= 11 is 2.35. The van der Waals surface area contributed by atoms with Gasteiger partial charge < -0.3 is 4.74 Å². The predicted octanol–water partition coefficient (Wildman–Crippen LogP) is 6.02. The zero-order valence-electron chi connectivity index (χ0n) is 15.5. The molecule has 0 amide bonds. The third-order valence-corrected chi connectivity index (χ3v) is 6.18. The highest BCUT2D eigenvalue weighted by molar-refractivity contribution is 14.1. The van der Waals surface area contributed by atoms with Crippen molar-refractivity contribution in [2.24, 2.45) is 5.41 Å². The van der Waals surface area contributed by atoms with E-state index >= 15 is 0 Å². The molecular formula is C23H25IO2. The van der Waals surface area contributed by atoms with E-state index in [1.807, 2.05) is 57.2 Å². The van der Waals surface area contributed by atoms with E-state index in [9.17, 15) is 4.79 Å². The number of carbonyl (C=O) groups is 1. The van der Waals surface area contributed by atoms with Gasteiger partial charge in [-0.3, -0.25) is 4.79 Å². The van der Waals surface area contributed by atoms with Crippen molar-refractivity contribution < 1.29 is 9.53 Å². The largest absolute Gasteiger partial charge is 0.459 e. The smallest absolute Gasteiger partial charge is 0.314 e. The summed E-state index contributed by atoms with van der Waals surface area (Å²) in [5.74, 6) is -0.0823. The van der Waals surface area contributed by atoms with Crippen molar-refractivity contribution >= 4 is 34.1 Å². The number of esters is 1. The van der Waals surface area contributed by atoms with Crippen LogP contribution in [-0.4, -0.2) is 16.0 Å². The van der Waals surface area contributed by atoms with Gasteiger partial charge in [0.1, 0.15) is 5.60 Å². The minimum Gasteiger partial charge on any atom is -0.459 e. The van der Waals surface area contributed by atoms with Crippen LogP contribution in [-0.2, 0) is 9.53 Å². The molecule has 0 spiro atoms. The second kappa shape index (κ2) is 7.55. The molecule has 26 heavy (non-hydrogen) atoms. The summed E-state index contributed by atoms with van der Waals surface area (Å²) in [5.41, 5.74) is 2.51. The van der Waals surface area contributed by atoms with Crippen LogP contribution < -0.4 is 0 Å². The summed E-state index contributed by atoms with van der Waals surface area (Å²) in [6, 6.07) is 20.7. The van der Waals surface area contributed by atoms with Crippen LogP contribution >= 0.6 is 22.6 Å². The summed E-state index contributed by atoms with van der Waals surface area (Å²) in [6.07, 6.45) is 2.97. The molecule has 2 aromatic rings. The van der Waals surface area contributed by atoms with Crippen LogP contribution in [0.3, 0.4) is 0 Å². The van der Waals surface area contributed by atoms with Gasteiger partial charge in [0.05, 0.1) is 5.41 Å². The Morgan fingerprint density at radius 1 is 1.08 bits per heavy atom. The lowest BCUT2D eigenvalue weighted by atomic mass is 9.75. The molecule has 0 saturated heterocycles. The molecule has 1 aliphatic carbocycles. The second-order valence-electron chi connectivity index (χ2n) is 7.91. The van der Waals surface area contributed by atoms with Gasteiger partial charge in [-0.05, 0) is 43.9 Å². The number of rotatable bonds is 4. The SMILES string of the molecule is CC(C)(C)OC(=O)[C@]1(CI)CC(c2ccccc2)=C[C@H]1c1ccccc1. The molecule has 1 aliphatic rings. The van der Waals surface area contributed by atoms with E-state index in [2.05, 4.69) is 52.9 Å². The van der Waals surface area contributed by atoms with Crippen LogP contribution in [0.4, 0.5) is 0 Å². The van der Waals surface area contributed by atoms with Crippen LogP contribution in [0.2, 0.25) is 0 Å². The van der Waals surface area contributed by atoms with Crippen molar-refractivity contribution in [2.75, 3.05) is 4.43 Å². The van der Waals surface area contributed by atoms with Gasteiger partial charge in [-0.15, -0.1) is 0 Å². The molecule has 0 bridgehead atoms. The molecule has 2 nitrogen and oxygen atoms in total. The first-order chi connectivity index (χ1) is 12.4. The standard InChI is InChI=1S/C23H25IO2/c1-22(2,3)26-21(25)23(16-24)15-19(17-10-6-4-7-11-17)14-20(23)18-12-8-5-9-13-18/h4-14,20H,15-16H2,1-3H3/t20-,23-/m0/s1. The summed E-state index contributed by atoms with van der Waals surface area (Å²) in [6.45, 7) is 5.80. The van der Waals surface area contributed by atoms with Crippen molar-refractivity contribution in [1.29, 1.82) is 0 Å². The molecule has 0 heterocycles. The maximum absolute atomic E-state index is 13.3. The molecule has 3 heteroatoms. The van der Waals surface area contributed by atoms with Crippen LogP contribution in [0.25, 0.3) is 5.57 Å². The summed E-state index contributed by atoms with van der Waals surface area (Å²) < 4.78 is 6.59. The third-order valence-electron chi connectivity index (χ3n) is 4.82. The number of hydrogen-bond acceptors (Lipinski definition) is 2. The van der Waals surface area contributed by atoms with E-state index in [-0.39, 0.29) is 11.9 Å². The van der Waals surface area contributed by atoms with E-state index in [0.717, 1.165) is 0 Å². The molecule has 3 rings (SSSR count). The number of ether oxygens (including phenoxy) is 1. The topological polar surface area (TPSA) is 26.3 Å². The van der Waals surface area contributed by atoms with Crippen molar-refractivity contribution in [1.82, 2.24) is 0 Å². The van der Waals surface area contributed by atoms with E-state index in [1.165, 1.54) is 16.7 Å². The fourth-order valence-electron chi connectivity index (χ4n) is 3.56. The molecule has 2 atom stereocenters. The lowest BCUT2D eigenvalue weighted by molar-refractivity contribution is -0.166. The fourth-order valence-corrected chi connectivity index (χ4v) is 4.61. The van der Waals surface area contributed by atoms with Gasteiger partial charge in [-0.1, -0.05) is 89.3 Å². The average molecular weight is 460 g/mol. The average Bonchev–Trinajstić information content (AvgIpc) is 3.03. The minimum atomic E-state index is -0.569. The van der Waals surface area contributed by atoms with E-state index in [0.29, 0.717) is 10.8 Å². The molecule has 0 aliphatic heterocycles. The van der Waals surface area contributed by atoms with Gasteiger partial charge in [0, 0.05) is 10.3 Å². The molecule has 2 aromatic carbocycles. The predicted molar refractivity (Wildman–Crippen MR) is 115 cm³/mol. The van der Waals surface area contributed by atoms with Gasteiger partial charge in [-0.25, -0.2) is 0 Å². The molecular weight excluding hydrogens is 435 g/mol. The van der Waals surface area contributed by atoms with Gasteiger partial charge >= 0.3 is 5.97 Å². The highest BCUT2D eigenvalue weighted by atomic mass is 127.